The fraction of sp³-hybridized carbons (Fsp3) is 0.333. The lowest BCUT2D eigenvalue weighted by Gasteiger charge is -2.35. The van der Waals surface area contributed by atoms with Crippen LogP contribution in [0.5, 0.6) is 0 Å². The van der Waals surface area contributed by atoms with Crippen molar-refractivity contribution in [1.29, 1.82) is 0 Å². The van der Waals surface area contributed by atoms with Crippen LogP contribution in [-0.2, 0) is 11.3 Å². The number of nitrogens with zero attached hydrogens (tertiary/aromatic N) is 1. The second-order valence-corrected chi connectivity index (χ2v) is 7.65. The molecule has 2 aromatic carbocycles. The van der Waals surface area contributed by atoms with Gasteiger partial charge in [0.1, 0.15) is 5.54 Å². The lowest BCUT2D eigenvalue weighted by Crippen LogP contribution is -2.52. The number of halogens is 1. The first-order valence-electron chi connectivity index (χ1n) is 9.28. The van der Waals surface area contributed by atoms with Gasteiger partial charge in [-0.2, -0.15) is 0 Å². The van der Waals surface area contributed by atoms with Crippen LogP contribution in [0.2, 0.25) is 5.02 Å². The van der Waals surface area contributed by atoms with Gasteiger partial charge in [0.2, 0.25) is 0 Å². The van der Waals surface area contributed by atoms with Gasteiger partial charge in [-0.15, -0.1) is 0 Å². The Balaban J connectivity index is 1.41. The molecule has 1 saturated carbocycles. The first-order chi connectivity index (χ1) is 13.1. The molecule has 0 atom stereocenters. The van der Waals surface area contributed by atoms with Crippen LogP contribution in [0.1, 0.15) is 31.2 Å². The maximum absolute atomic E-state index is 13.1. The standard InChI is InChI=1S/C21H22ClN3O2/c22-17-8-4-5-9-18(17)25-19(26)21(24-20(25)27)12-10-16(11-13-21)23-14-15-6-2-1-3-7-15/h1-9,16,23H,10-14H2,(H,24,27). The molecule has 4 rings (SSSR count). The molecule has 1 heterocycles. The van der Waals surface area contributed by atoms with Crippen molar-refractivity contribution in [3.63, 3.8) is 0 Å². The predicted octanol–water partition coefficient (Wildman–Crippen LogP) is 3.87. The van der Waals surface area contributed by atoms with Gasteiger partial charge in [-0.3, -0.25) is 4.79 Å². The maximum Gasteiger partial charge on any atom is 0.329 e. The molecule has 2 N–H and O–H groups in total. The van der Waals surface area contributed by atoms with Crippen molar-refractivity contribution >= 4 is 29.2 Å². The zero-order valence-electron chi connectivity index (χ0n) is 15.0. The molecule has 0 bridgehead atoms. The van der Waals surface area contributed by atoms with Crippen molar-refractivity contribution in [2.45, 2.75) is 43.8 Å². The highest BCUT2D eigenvalue weighted by molar-refractivity contribution is 6.36. The summed E-state index contributed by atoms with van der Waals surface area (Å²) in [5.41, 5.74) is 0.886. The molecule has 0 unspecified atom stereocenters. The average Bonchev–Trinajstić information content (AvgIpc) is 2.92. The van der Waals surface area contributed by atoms with Gasteiger partial charge >= 0.3 is 6.03 Å². The van der Waals surface area contributed by atoms with Crippen LogP contribution in [0, 0.1) is 0 Å². The molecule has 1 aliphatic heterocycles. The highest BCUT2D eigenvalue weighted by atomic mass is 35.5. The Morgan fingerprint density at radius 3 is 2.41 bits per heavy atom. The van der Waals surface area contributed by atoms with E-state index in [-0.39, 0.29) is 11.9 Å². The minimum absolute atomic E-state index is 0.192. The largest absolute Gasteiger partial charge is 0.329 e. The van der Waals surface area contributed by atoms with E-state index < -0.39 is 5.54 Å². The first-order valence-corrected chi connectivity index (χ1v) is 9.65. The highest BCUT2D eigenvalue weighted by Gasteiger charge is 2.53. The molecule has 2 fully saturated rings. The summed E-state index contributed by atoms with van der Waals surface area (Å²) in [7, 11) is 0. The normalized spacial score (nSPS) is 25.1. The third-order valence-electron chi connectivity index (χ3n) is 5.53. The van der Waals surface area contributed by atoms with E-state index in [1.54, 1.807) is 24.3 Å². The summed E-state index contributed by atoms with van der Waals surface area (Å²) in [4.78, 5) is 26.8. The molecule has 1 spiro atoms. The van der Waals surface area contributed by atoms with Crippen LogP contribution in [0.3, 0.4) is 0 Å². The summed E-state index contributed by atoms with van der Waals surface area (Å²) < 4.78 is 0. The van der Waals surface area contributed by atoms with E-state index >= 15 is 0 Å². The zero-order valence-corrected chi connectivity index (χ0v) is 15.7. The fourth-order valence-electron chi connectivity index (χ4n) is 3.98. The number of nitrogens with one attached hydrogen (secondary N) is 2. The summed E-state index contributed by atoms with van der Waals surface area (Å²) in [5.74, 6) is -0.192. The topological polar surface area (TPSA) is 61.4 Å². The van der Waals surface area contributed by atoms with E-state index in [1.807, 2.05) is 18.2 Å². The second kappa shape index (κ2) is 7.33. The Bertz CT molecular complexity index is 848. The average molecular weight is 384 g/mol. The minimum atomic E-state index is -0.804. The van der Waals surface area contributed by atoms with Crippen molar-refractivity contribution in [1.82, 2.24) is 10.6 Å². The van der Waals surface area contributed by atoms with Crippen molar-refractivity contribution in [3.05, 3.63) is 65.2 Å². The van der Waals surface area contributed by atoms with Crippen LogP contribution < -0.4 is 15.5 Å². The zero-order chi connectivity index (χ0) is 18.9. The number of hydrogen-bond acceptors (Lipinski definition) is 3. The Morgan fingerprint density at radius 1 is 1.04 bits per heavy atom. The number of carbonyl (C=O) groups excluding carboxylic acids is 2. The van der Waals surface area contributed by atoms with Gasteiger partial charge in [-0.1, -0.05) is 54.1 Å². The van der Waals surface area contributed by atoms with Crippen LogP contribution in [-0.4, -0.2) is 23.5 Å². The lowest BCUT2D eigenvalue weighted by atomic mass is 9.79. The number of hydrogen-bond donors (Lipinski definition) is 2. The van der Waals surface area contributed by atoms with Crippen molar-refractivity contribution in [2.75, 3.05) is 4.90 Å². The second-order valence-electron chi connectivity index (χ2n) is 7.25. The van der Waals surface area contributed by atoms with Gasteiger partial charge in [0.25, 0.3) is 5.91 Å². The number of imide groups is 1. The smallest absolute Gasteiger partial charge is 0.323 e. The van der Waals surface area contributed by atoms with Crippen LogP contribution in [0.15, 0.2) is 54.6 Å². The van der Waals surface area contributed by atoms with Crippen LogP contribution in [0.4, 0.5) is 10.5 Å². The summed E-state index contributed by atoms with van der Waals surface area (Å²) in [6.07, 6.45) is 2.94. The van der Waals surface area contributed by atoms with E-state index in [4.69, 9.17) is 11.6 Å². The van der Waals surface area contributed by atoms with Gasteiger partial charge in [0.05, 0.1) is 10.7 Å². The molecule has 0 aromatic heterocycles. The van der Waals surface area contributed by atoms with E-state index in [2.05, 4.69) is 22.8 Å². The van der Waals surface area contributed by atoms with Gasteiger partial charge in [-0.25, -0.2) is 9.69 Å². The Morgan fingerprint density at radius 2 is 1.70 bits per heavy atom. The van der Waals surface area contributed by atoms with Crippen molar-refractivity contribution < 1.29 is 9.59 Å². The molecule has 2 aromatic rings. The van der Waals surface area contributed by atoms with Crippen LogP contribution in [0.25, 0.3) is 0 Å². The van der Waals surface area contributed by atoms with Crippen LogP contribution >= 0.6 is 11.6 Å². The number of carbonyl (C=O) groups is 2. The maximum atomic E-state index is 13.1. The number of anilines is 1. The summed E-state index contributed by atoms with van der Waals surface area (Å²) in [5, 5.41) is 6.90. The molecular weight excluding hydrogens is 362 g/mol. The van der Waals surface area contributed by atoms with Gasteiger partial charge < -0.3 is 10.6 Å². The molecule has 2 aliphatic rings. The van der Waals surface area contributed by atoms with E-state index in [0.717, 1.165) is 19.4 Å². The molecule has 1 aliphatic carbocycles. The first kappa shape index (κ1) is 18.0. The summed E-state index contributed by atoms with van der Waals surface area (Å²) in [6.45, 7) is 0.810. The lowest BCUT2D eigenvalue weighted by molar-refractivity contribution is -0.123. The summed E-state index contributed by atoms with van der Waals surface area (Å²) >= 11 is 6.20. The molecule has 140 valence electrons. The molecule has 1 saturated heterocycles. The van der Waals surface area contributed by atoms with Gasteiger partial charge in [0, 0.05) is 12.6 Å². The van der Waals surface area contributed by atoms with E-state index in [0.29, 0.717) is 29.6 Å². The molecule has 0 radical (unpaired) electrons. The number of urea groups is 1. The third kappa shape index (κ3) is 3.45. The fourth-order valence-corrected chi connectivity index (χ4v) is 4.20. The van der Waals surface area contributed by atoms with E-state index in [9.17, 15) is 9.59 Å². The number of amides is 3. The quantitative estimate of drug-likeness (QED) is 0.788. The Kier molecular flexibility index (Phi) is 4.89. The third-order valence-corrected chi connectivity index (χ3v) is 5.85. The van der Waals surface area contributed by atoms with Gasteiger partial charge in [0.15, 0.2) is 0 Å². The molecule has 27 heavy (non-hydrogen) atoms. The monoisotopic (exact) mass is 383 g/mol. The molecule has 3 amide bonds. The Labute approximate surface area is 163 Å². The number of para-hydroxylation sites is 1. The molecule has 6 heteroatoms. The minimum Gasteiger partial charge on any atom is -0.323 e. The SMILES string of the molecule is O=C1NC2(CCC(NCc3ccccc3)CC2)C(=O)N1c1ccccc1Cl. The number of benzene rings is 2. The van der Waals surface area contributed by atoms with E-state index in [1.165, 1.54) is 10.5 Å². The predicted molar refractivity (Wildman–Crippen MR) is 106 cm³/mol. The highest BCUT2D eigenvalue weighted by Crippen LogP contribution is 2.37. The molecular formula is C21H22ClN3O2. The molecule has 5 nitrogen and oxygen atoms in total. The van der Waals surface area contributed by atoms with Gasteiger partial charge in [-0.05, 0) is 43.4 Å². The van der Waals surface area contributed by atoms with Crippen molar-refractivity contribution in [2.24, 2.45) is 0 Å². The Hall–Kier alpha value is -2.37. The summed E-state index contributed by atoms with van der Waals surface area (Å²) in [6, 6.07) is 17.2. The van der Waals surface area contributed by atoms with Crippen molar-refractivity contribution in [3.8, 4) is 0 Å². The number of rotatable bonds is 4.